The van der Waals surface area contributed by atoms with Gasteiger partial charge in [0.1, 0.15) is 0 Å². The Morgan fingerprint density at radius 1 is 1.38 bits per heavy atom. The van der Waals surface area contributed by atoms with Crippen molar-refractivity contribution >= 4 is 5.91 Å². The molecule has 0 saturated carbocycles. The van der Waals surface area contributed by atoms with E-state index >= 15 is 0 Å². The molecule has 1 saturated heterocycles. The number of carbonyl (C=O) groups is 1. The maximum absolute atomic E-state index is 12.7. The molecule has 3 heterocycles. The normalized spacial score (nSPS) is 18.2. The summed E-state index contributed by atoms with van der Waals surface area (Å²) in [5.41, 5.74) is 0.393. The Balaban J connectivity index is 1.75. The maximum atomic E-state index is 12.7. The lowest BCUT2D eigenvalue weighted by molar-refractivity contribution is 0.0702. The van der Waals surface area contributed by atoms with Crippen molar-refractivity contribution in [3.8, 4) is 0 Å². The van der Waals surface area contributed by atoms with Gasteiger partial charge in [0.25, 0.3) is 5.91 Å². The smallest absolute Gasteiger partial charge is 0.255 e. The van der Waals surface area contributed by atoms with Crippen molar-refractivity contribution in [3.05, 3.63) is 46.0 Å². The molecule has 1 amide bonds. The molecule has 7 nitrogen and oxygen atoms in total. The molecule has 0 aromatic carbocycles. The molecule has 128 valence electrons. The average molecular weight is 330 g/mol. The first-order valence-electron chi connectivity index (χ1n) is 8.25. The Bertz CT molecular complexity index is 793. The molecule has 7 heteroatoms. The van der Waals surface area contributed by atoms with Gasteiger partial charge in [-0.15, -0.1) is 0 Å². The second kappa shape index (κ2) is 6.59. The van der Waals surface area contributed by atoms with Crippen LogP contribution < -0.4 is 5.56 Å². The van der Waals surface area contributed by atoms with E-state index in [9.17, 15) is 9.59 Å². The highest BCUT2D eigenvalue weighted by molar-refractivity contribution is 5.94. The molecule has 0 N–H and O–H groups in total. The van der Waals surface area contributed by atoms with Gasteiger partial charge in [-0.2, -0.15) is 4.98 Å². The fourth-order valence-corrected chi connectivity index (χ4v) is 2.92. The zero-order valence-electron chi connectivity index (χ0n) is 14.2. The molecular formula is C17H22N4O3. The summed E-state index contributed by atoms with van der Waals surface area (Å²) in [6.45, 7) is 5.28. The van der Waals surface area contributed by atoms with Crippen molar-refractivity contribution < 1.29 is 9.32 Å². The first kappa shape index (κ1) is 16.4. The van der Waals surface area contributed by atoms with E-state index in [1.54, 1.807) is 24.2 Å². The van der Waals surface area contributed by atoms with Crippen LogP contribution in [0.2, 0.25) is 0 Å². The van der Waals surface area contributed by atoms with Crippen LogP contribution in [0.15, 0.2) is 27.6 Å². The predicted octanol–water partition coefficient (Wildman–Crippen LogP) is 1.91. The van der Waals surface area contributed by atoms with Gasteiger partial charge in [0.05, 0.1) is 5.56 Å². The zero-order valence-corrected chi connectivity index (χ0v) is 14.2. The molecular weight excluding hydrogens is 308 g/mol. The number of likely N-dealkylation sites (tertiary alicyclic amines) is 1. The van der Waals surface area contributed by atoms with E-state index in [1.165, 1.54) is 10.6 Å². The Labute approximate surface area is 140 Å². The Morgan fingerprint density at radius 3 is 2.83 bits per heavy atom. The maximum Gasteiger partial charge on any atom is 0.255 e. The minimum atomic E-state index is -0.129. The molecule has 2 aromatic heterocycles. The molecule has 24 heavy (non-hydrogen) atoms. The summed E-state index contributed by atoms with van der Waals surface area (Å²) in [5.74, 6) is 1.52. The number of hydrogen-bond acceptors (Lipinski definition) is 5. The van der Waals surface area contributed by atoms with Gasteiger partial charge in [-0.1, -0.05) is 19.0 Å². The van der Waals surface area contributed by atoms with Crippen LogP contribution in [-0.4, -0.2) is 38.6 Å². The lowest BCUT2D eigenvalue weighted by Crippen LogP contribution is -2.39. The molecule has 0 radical (unpaired) electrons. The summed E-state index contributed by atoms with van der Waals surface area (Å²) in [4.78, 5) is 30.4. The van der Waals surface area contributed by atoms with Gasteiger partial charge in [0.15, 0.2) is 5.82 Å². The van der Waals surface area contributed by atoms with Gasteiger partial charge >= 0.3 is 0 Å². The van der Waals surface area contributed by atoms with Crippen LogP contribution in [0.1, 0.15) is 60.6 Å². The summed E-state index contributed by atoms with van der Waals surface area (Å²) in [5, 5.41) is 4.08. The van der Waals surface area contributed by atoms with Gasteiger partial charge in [0, 0.05) is 44.2 Å². The summed E-state index contributed by atoms with van der Waals surface area (Å²) < 4.78 is 6.71. The van der Waals surface area contributed by atoms with E-state index in [4.69, 9.17) is 4.52 Å². The third kappa shape index (κ3) is 3.25. The fourth-order valence-electron chi connectivity index (χ4n) is 2.92. The molecule has 0 spiro atoms. The number of carbonyl (C=O) groups excluding carboxylic acids is 1. The first-order valence-corrected chi connectivity index (χ1v) is 8.25. The van der Waals surface area contributed by atoms with Crippen molar-refractivity contribution in [2.45, 2.75) is 38.5 Å². The molecule has 1 atom stereocenters. The Kier molecular flexibility index (Phi) is 4.51. The van der Waals surface area contributed by atoms with Gasteiger partial charge in [-0.05, 0) is 18.9 Å². The molecule has 1 fully saturated rings. The topological polar surface area (TPSA) is 81.2 Å². The number of amides is 1. The number of pyridine rings is 1. The number of rotatable bonds is 3. The first-order chi connectivity index (χ1) is 11.5. The number of aromatic nitrogens is 3. The standard InChI is InChI=1S/C17H22N4O3/c1-11(2)16-18-15(19-24-16)12-5-4-8-21(10-12)17(23)13-6-7-14(22)20(3)9-13/h6-7,9,11-12H,4-5,8,10H2,1-3H3/t12-/m0/s1. The van der Waals surface area contributed by atoms with E-state index in [0.29, 0.717) is 30.4 Å². The zero-order chi connectivity index (χ0) is 17.3. The molecule has 2 aromatic rings. The van der Waals surface area contributed by atoms with Crippen molar-refractivity contribution in [1.82, 2.24) is 19.6 Å². The van der Waals surface area contributed by atoms with E-state index in [2.05, 4.69) is 10.1 Å². The largest absolute Gasteiger partial charge is 0.339 e. The van der Waals surface area contributed by atoms with Crippen molar-refractivity contribution in [3.63, 3.8) is 0 Å². The predicted molar refractivity (Wildman–Crippen MR) is 87.9 cm³/mol. The van der Waals surface area contributed by atoms with Crippen molar-refractivity contribution in [1.29, 1.82) is 0 Å². The molecule has 3 rings (SSSR count). The quantitative estimate of drug-likeness (QED) is 0.859. The van der Waals surface area contributed by atoms with Gasteiger partial charge in [0.2, 0.25) is 11.4 Å². The minimum absolute atomic E-state index is 0.0668. The van der Waals surface area contributed by atoms with Crippen LogP contribution in [0.4, 0.5) is 0 Å². The van der Waals surface area contributed by atoms with Crippen LogP contribution in [0.3, 0.4) is 0 Å². The van der Waals surface area contributed by atoms with E-state index in [0.717, 1.165) is 12.8 Å². The third-order valence-electron chi connectivity index (χ3n) is 4.36. The van der Waals surface area contributed by atoms with Crippen LogP contribution in [-0.2, 0) is 7.05 Å². The molecule has 0 bridgehead atoms. The summed E-state index contributed by atoms with van der Waals surface area (Å²) in [7, 11) is 1.64. The van der Waals surface area contributed by atoms with Crippen LogP contribution in [0.25, 0.3) is 0 Å². The van der Waals surface area contributed by atoms with Gasteiger partial charge < -0.3 is 14.0 Å². The monoisotopic (exact) mass is 330 g/mol. The number of hydrogen-bond donors (Lipinski definition) is 0. The third-order valence-corrected chi connectivity index (χ3v) is 4.36. The van der Waals surface area contributed by atoms with E-state index in [1.807, 2.05) is 13.8 Å². The van der Waals surface area contributed by atoms with E-state index < -0.39 is 0 Å². The minimum Gasteiger partial charge on any atom is -0.339 e. The Hall–Kier alpha value is -2.44. The number of aryl methyl sites for hydroxylation is 1. The lowest BCUT2D eigenvalue weighted by Gasteiger charge is -2.31. The average Bonchev–Trinajstić information content (AvgIpc) is 3.07. The van der Waals surface area contributed by atoms with Crippen LogP contribution in [0, 0.1) is 0 Å². The molecule has 1 aliphatic rings. The SMILES string of the molecule is CC(C)c1nc([C@H]2CCCN(C(=O)c3ccc(=O)n(C)c3)C2)no1. The molecule has 1 aliphatic heterocycles. The van der Waals surface area contributed by atoms with Gasteiger partial charge in [-0.25, -0.2) is 0 Å². The van der Waals surface area contributed by atoms with Crippen LogP contribution in [0.5, 0.6) is 0 Å². The highest BCUT2D eigenvalue weighted by Crippen LogP contribution is 2.26. The van der Waals surface area contributed by atoms with E-state index in [-0.39, 0.29) is 23.3 Å². The second-order valence-corrected chi connectivity index (χ2v) is 6.60. The highest BCUT2D eigenvalue weighted by atomic mass is 16.5. The van der Waals surface area contributed by atoms with Crippen LogP contribution >= 0.6 is 0 Å². The van der Waals surface area contributed by atoms with Crippen molar-refractivity contribution in [2.75, 3.05) is 13.1 Å². The number of piperidine rings is 1. The molecule has 0 aliphatic carbocycles. The number of nitrogens with zero attached hydrogens (tertiary/aromatic N) is 4. The van der Waals surface area contributed by atoms with Crippen molar-refractivity contribution in [2.24, 2.45) is 7.05 Å². The molecule has 0 unspecified atom stereocenters. The summed E-state index contributed by atoms with van der Waals surface area (Å²) in [6.07, 6.45) is 3.42. The highest BCUT2D eigenvalue weighted by Gasteiger charge is 2.29. The summed E-state index contributed by atoms with van der Waals surface area (Å²) in [6, 6.07) is 3.00. The lowest BCUT2D eigenvalue weighted by atomic mass is 9.97. The Morgan fingerprint density at radius 2 is 2.17 bits per heavy atom. The second-order valence-electron chi connectivity index (χ2n) is 6.60. The fraction of sp³-hybridized carbons (Fsp3) is 0.529. The van der Waals surface area contributed by atoms with Gasteiger partial charge in [-0.3, -0.25) is 9.59 Å². The summed E-state index contributed by atoms with van der Waals surface area (Å²) >= 11 is 0.